The molecule has 9 rings (SSSR count). The van der Waals surface area contributed by atoms with Crippen LogP contribution in [0.3, 0.4) is 0 Å². The van der Waals surface area contributed by atoms with E-state index in [1.807, 2.05) is 0 Å². The predicted octanol–water partition coefficient (Wildman–Crippen LogP) is 14.0. The summed E-state index contributed by atoms with van der Waals surface area (Å²) in [6.45, 7) is 0. The van der Waals surface area contributed by atoms with Gasteiger partial charge in [-0.05, 0) is 88.0 Å². The molecule has 0 heteroatoms. The third kappa shape index (κ3) is 5.48. The van der Waals surface area contributed by atoms with Gasteiger partial charge < -0.3 is 0 Å². The molecule has 0 nitrogen and oxygen atoms in total. The second-order valence-electron chi connectivity index (χ2n) is 12.9. The lowest BCUT2D eigenvalue weighted by Gasteiger charge is -2.18. The fraction of sp³-hybridized carbons (Fsp3) is 0. The van der Waals surface area contributed by atoms with E-state index in [1.165, 1.54) is 88.0 Å². The summed E-state index contributed by atoms with van der Waals surface area (Å²) in [5.41, 5.74) is 12.3. The Morgan fingerprint density at radius 1 is 0.240 bits per heavy atom. The summed E-state index contributed by atoms with van der Waals surface area (Å²) in [6.07, 6.45) is 4.40. The van der Waals surface area contributed by atoms with Crippen LogP contribution in [0.1, 0.15) is 11.1 Å². The molecular weight excluding hydrogens is 601 g/mol. The van der Waals surface area contributed by atoms with Crippen molar-refractivity contribution in [1.82, 2.24) is 0 Å². The minimum absolute atomic E-state index is 1.18. The summed E-state index contributed by atoms with van der Waals surface area (Å²) in [5, 5.41) is 7.62. The molecule has 0 saturated heterocycles. The third-order valence-corrected chi connectivity index (χ3v) is 9.89. The first-order chi connectivity index (χ1) is 24.8. The molecule has 0 saturated carbocycles. The lowest BCUT2D eigenvalue weighted by atomic mass is 9.85. The SMILES string of the molecule is C(=Cc1ccc(-c2c3ccccc3c(-c3ccc(-c4ccccc4)cc3)c3ccccc23)cc1)c1ccc(-c2cccc3ccccc23)cc1. The molecule has 0 radical (unpaired) electrons. The number of benzene rings is 9. The Morgan fingerprint density at radius 3 is 1.16 bits per heavy atom. The summed E-state index contributed by atoms with van der Waals surface area (Å²) in [5.74, 6) is 0. The molecule has 0 heterocycles. The van der Waals surface area contributed by atoms with Crippen LogP contribution in [0.15, 0.2) is 194 Å². The van der Waals surface area contributed by atoms with E-state index in [-0.39, 0.29) is 0 Å². The van der Waals surface area contributed by atoms with Gasteiger partial charge >= 0.3 is 0 Å². The zero-order chi connectivity index (χ0) is 33.3. The first-order valence-corrected chi connectivity index (χ1v) is 17.3. The van der Waals surface area contributed by atoms with E-state index >= 15 is 0 Å². The third-order valence-electron chi connectivity index (χ3n) is 9.89. The zero-order valence-electron chi connectivity index (χ0n) is 27.6. The van der Waals surface area contributed by atoms with Crippen molar-refractivity contribution in [3.63, 3.8) is 0 Å². The molecule has 0 N–H and O–H groups in total. The molecule has 0 aliphatic heterocycles. The van der Waals surface area contributed by atoms with Gasteiger partial charge in [0, 0.05) is 0 Å². The lowest BCUT2D eigenvalue weighted by molar-refractivity contribution is 1.61. The average molecular weight is 635 g/mol. The number of hydrogen-bond acceptors (Lipinski definition) is 0. The summed E-state index contributed by atoms with van der Waals surface area (Å²) in [6, 6.07) is 70.3. The second kappa shape index (κ2) is 12.8. The molecular formula is C50H34. The van der Waals surface area contributed by atoms with Crippen molar-refractivity contribution >= 4 is 44.5 Å². The predicted molar refractivity (Wildman–Crippen MR) is 216 cm³/mol. The summed E-state index contributed by atoms with van der Waals surface area (Å²) >= 11 is 0. The maximum atomic E-state index is 2.27. The van der Waals surface area contributed by atoms with Crippen LogP contribution in [0.25, 0.3) is 89.0 Å². The molecule has 0 aliphatic carbocycles. The van der Waals surface area contributed by atoms with E-state index in [0.717, 1.165) is 0 Å². The fourth-order valence-electron chi connectivity index (χ4n) is 7.41. The van der Waals surface area contributed by atoms with Gasteiger partial charge in [0.15, 0.2) is 0 Å². The monoisotopic (exact) mass is 634 g/mol. The quantitative estimate of drug-likeness (QED) is 0.126. The Kier molecular flexibility index (Phi) is 7.61. The first-order valence-electron chi connectivity index (χ1n) is 17.3. The van der Waals surface area contributed by atoms with Crippen molar-refractivity contribution in [2.45, 2.75) is 0 Å². The van der Waals surface area contributed by atoms with E-state index in [1.54, 1.807) is 0 Å². The van der Waals surface area contributed by atoms with Crippen molar-refractivity contribution in [2.75, 3.05) is 0 Å². The van der Waals surface area contributed by atoms with Crippen molar-refractivity contribution in [2.24, 2.45) is 0 Å². The highest BCUT2D eigenvalue weighted by Gasteiger charge is 2.16. The van der Waals surface area contributed by atoms with Gasteiger partial charge in [-0.2, -0.15) is 0 Å². The minimum Gasteiger partial charge on any atom is -0.0622 e. The molecule has 50 heavy (non-hydrogen) atoms. The summed E-state index contributed by atoms with van der Waals surface area (Å²) in [7, 11) is 0. The standard InChI is InChI=1S/C50H34/c1-2-11-37(12-3-1)38-31-33-42(34-32-38)50-47-18-8-6-16-45(47)49(46-17-7-9-19-48(46)50)41-29-25-36(26-30-41)22-21-35-23-27-40(28-24-35)44-20-10-14-39-13-4-5-15-43(39)44/h1-34H. The molecule has 234 valence electrons. The molecule has 0 bridgehead atoms. The van der Waals surface area contributed by atoms with E-state index in [0.29, 0.717) is 0 Å². The van der Waals surface area contributed by atoms with E-state index in [2.05, 4.69) is 206 Å². The van der Waals surface area contributed by atoms with Crippen molar-refractivity contribution in [1.29, 1.82) is 0 Å². The van der Waals surface area contributed by atoms with Crippen LogP contribution >= 0.6 is 0 Å². The number of fused-ring (bicyclic) bond motifs is 3. The molecule has 0 aliphatic rings. The van der Waals surface area contributed by atoms with Crippen LogP contribution in [-0.2, 0) is 0 Å². The molecule has 0 spiro atoms. The molecule has 0 atom stereocenters. The Hall–Kier alpha value is -6.50. The smallest absolute Gasteiger partial charge is 0.00264 e. The fourth-order valence-corrected chi connectivity index (χ4v) is 7.41. The zero-order valence-corrected chi connectivity index (χ0v) is 27.6. The topological polar surface area (TPSA) is 0 Å². The van der Waals surface area contributed by atoms with Crippen molar-refractivity contribution < 1.29 is 0 Å². The summed E-state index contributed by atoms with van der Waals surface area (Å²) in [4.78, 5) is 0. The number of hydrogen-bond donors (Lipinski definition) is 0. The highest BCUT2D eigenvalue weighted by molar-refractivity contribution is 6.21. The average Bonchev–Trinajstić information content (AvgIpc) is 3.20. The first kappa shape index (κ1) is 29.6. The largest absolute Gasteiger partial charge is 0.0622 e. The highest BCUT2D eigenvalue weighted by Crippen LogP contribution is 2.44. The molecule has 9 aromatic rings. The molecule has 0 unspecified atom stereocenters. The van der Waals surface area contributed by atoms with Crippen LogP contribution in [0.4, 0.5) is 0 Å². The maximum absolute atomic E-state index is 2.27. The van der Waals surface area contributed by atoms with Crippen LogP contribution in [0, 0.1) is 0 Å². The number of rotatable bonds is 6. The van der Waals surface area contributed by atoms with Gasteiger partial charge in [-0.3, -0.25) is 0 Å². The Balaban J connectivity index is 1.04. The normalized spacial score (nSPS) is 11.5. The summed E-state index contributed by atoms with van der Waals surface area (Å²) < 4.78 is 0. The highest BCUT2D eigenvalue weighted by atomic mass is 14.2. The van der Waals surface area contributed by atoms with E-state index in [4.69, 9.17) is 0 Å². The van der Waals surface area contributed by atoms with Gasteiger partial charge in [0.05, 0.1) is 0 Å². The van der Waals surface area contributed by atoms with Gasteiger partial charge in [0.1, 0.15) is 0 Å². The van der Waals surface area contributed by atoms with Crippen molar-refractivity contribution in [3.05, 3.63) is 205 Å². The van der Waals surface area contributed by atoms with E-state index < -0.39 is 0 Å². The second-order valence-corrected chi connectivity index (χ2v) is 12.9. The van der Waals surface area contributed by atoms with Crippen molar-refractivity contribution in [3.8, 4) is 44.5 Å². The van der Waals surface area contributed by atoms with E-state index in [9.17, 15) is 0 Å². The van der Waals surface area contributed by atoms with Gasteiger partial charge in [-0.25, -0.2) is 0 Å². The Labute approximate surface area is 293 Å². The van der Waals surface area contributed by atoms with Crippen LogP contribution < -0.4 is 0 Å². The molecule has 9 aromatic carbocycles. The maximum Gasteiger partial charge on any atom is -0.00264 e. The lowest BCUT2D eigenvalue weighted by Crippen LogP contribution is -1.91. The molecule has 0 amide bonds. The molecule has 0 aromatic heterocycles. The van der Waals surface area contributed by atoms with Gasteiger partial charge in [0.2, 0.25) is 0 Å². The Bertz CT molecular complexity index is 2580. The minimum atomic E-state index is 1.18. The van der Waals surface area contributed by atoms with Crippen LogP contribution in [-0.4, -0.2) is 0 Å². The van der Waals surface area contributed by atoms with Crippen LogP contribution in [0.5, 0.6) is 0 Å². The van der Waals surface area contributed by atoms with Gasteiger partial charge in [0.25, 0.3) is 0 Å². The van der Waals surface area contributed by atoms with Crippen LogP contribution in [0.2, 0.25) is 0 Å². The van der Waals surface area contributed by atoms with Gasteiger partial charge in [-0.15, -0.1) is 0 Å². The van der Waals surface area contributed by atoms with Gasteiger partial charge in [-0.1, -0.05) is 206 Å². The molecule has 0 fully saturated rings. The Morgan fingerprint density at radius 2 is 0.620 bits per heavy atom.